The summed E-state index contributed by atoms with van der Waals surface area (Å²) in [6.45, 7) is -0.746. The van der Waals surface area contributed by atoms with Crippen molar-refractivity contribution in [2.24, 2.45) is 0 Å². The van der Waals surface area contributed by atoms with E-state index < -0.39 is 28.4 Å². The molecule has 1 N–H and O–H groups in total. The first-order chi connectivity index (χ1) is 10.0. The number of hydrogen-bond donors (Lipinski definition) is 1. The molecule has 0 aliphatic rings. The van der Waals surface area contributed by atoms with Crippen LogP contribution in [0.2, 0.25) is 0 Å². The molecule has 0 spiro atoms. The van der Waals surface area contributed by atoms with Crippen molar-refractivity contribution in [2.45, 2.75) is 6.42 Å². The average Bonchev–Trinajstić information content (AvgIpc) is 2.96. The molecule has 5 nitrogen and oxygen atoms in total. The molecule has 112 valence electrons. The van der Waals surface area contributed by atoms with Crippen LogP contribution in [0, 0.1) is 0 Å². The monoisotopic (exact) mass is 328 g/mol. The third-order valence-electron chi connectivity index (χ3n) is 2.55. The van der Waals surface area contributed by atoms with E-state index in [2.05, 4.69) is 4.98 Å². The number of benzene rings is 1. The normalized spacial score (nSPS) is 11.3. The van der Waals surface area contributed by atoms with Gasteiger partial charge in [-0.1, -0.05) is 30.3 Å². The molecule has 1 aromatic heterocycles. The first-order valence-electron chi connectivity index (χ1n) is 6.13. The molecule has 1 aromatic carbocycles. The number of alkyl halides is 1. The fraction of sp³-hybridized carbons (Fsp3) is 0.231. The summed E-state index contributed by atoms with van der Waals surface area (Å²) < 4.78 is 36.9. The van der Waals surface area contributed by atoms with Gasteiger partial charge in [0, 0.05) is 10.9 Å². The number of thiazole rings is 1. The highest BCUT2D eigenvalue weighted by Gasteiger charge is 2.18. The molecular formula is C13H13FN2O3S2. The first kappa shape index (κ1) is 15.6. The topological polar surface area (TPSA) is 76.1 Å². The number of rotatable bonds is 6. The molecule has 21 heavy (non-hydrogen) atoms. The van der Waals surface area contributed by atoms with Crippen LogP contribution in [0.5, 0.6) is 0 Å². The van der Waals surface area contributed by atoms with Gasteiger partial charge in [0.25, 0.3) is 5.91 Å². The summed E-state index contributed by atoms with van der Waals surface area (Å²) in [4.78, 5) is 15.9. The third kappa shape index (κ3) is 4.33. The predicted molar refractivity (Wildman–Crippen MR) is 79.4 cm³/mol. The lowest BCUT2D eigenvalue weighted by Gasteiger charge is -2.03. The van der Waals surface area contributed by atoms with E-state index in [0.717, 1.165) is 5.56 Å². The molecule has 0 saturated carbocycles. The predicted octanol–water partition coefficient (Wildman–Crippen LogP) is 2.23. The Morgan fingerprint density at radius 2 is 2.00 bits per heavy atom. The lowest BCUT2D eigenvalue weighted by Crippen LogP contribution is -2.32. The maximum atomic E-state index is 12.0. The summed E-state index contributed by atoms with van der Waals surface area (Å²) >= 11 is 1.25. The van der Waals surface area contributed by atoms with E-state index in [1.54, 1.807) is 0 Å². The van der Waals surface area contributed by atoms with E-state index in [9.17, 15) is 17.6 Å². The molecule has 0 fully saturated rings. The summed E-state index contributed by atoms with van der Waals surface area (Å²) in [6, 6.07) is 9.25. The van der Waals surface area contributed by atoms with E-state index in [1.165, 1.54) is 16.7 Å². The Hall–Kier alpha value is -1.80. The van der Waals surface area contributed by atoms with Gasteiger partial charge in [-0.25, -0.2) is 18.1 Å². The van der Waals surface area contributed by atoms with Gasteiger partial charge in [-0.05, 0) is 6.42 Å². The highest BCUT2D eigenvalue weighted by Crippen LogP contribution is 2.23. The maximum Gasteiger partial charge on any atom is 0.284 e. The molecule has 0 aliphatic carbocycles. The number of hydrogen-bond acceptors (Lipinski definition) is 5. The van der Waals surface area contributed by atoms with Crippen LogP contribution in [0.3, 0.4) is 0 Å². The lowest BCUT2D eigenvalue weighted by molar-refractivity contribution is 0.0977. The number of sulfonamides is 1. The van der Waals surface area contributed by atoms with Crippen molar-refractivity contribution in [3.05, 3.63) is 41.4 Å². The molecular weight excluding hydrogens is 315 g/mol. The van der Waals surface area contributed by atoms with Gasteiger partial charge in [0.2, 0.25) is 10.0 Å². The van der Waals surface area contributed by atoms with Crippen LogP contribution >= 0.6 is 11.3 Å². The highest BCUT2D eigenvalue weighted by atomic mass is 32.2. The zero-order chi connectivity index (χ0) is 15.3. The van der Waals surface area contributed by atoms with Crippen molar-refractivity contribution < 1.29 is 17.6 Å². The van der Waals surface area contributed by atoms with Gasteiger partial charge in [-0.2, -0.15) is 0 Å². The highest BCUT2D eigenvalue weighted by molar-refractivity contribution is 7.90. The van der Waals surface area contributed by atoms with Crippen LogP contribution in [0.25, 0.3) is 10.6 Å². The van der Waals surface area contributed by atoms with E-state index in [1.807, 2.05) is 35.1 Å². The number of amides is 1. The molecule has 1 amide bonds. The third-order valence-corrected chi connectivity index (χ3v) is 4.77. The Balaban J connectivity index is 2.09. The zero-order valence-corrected chi connectivity index (χ0v) is 12.6. The summed E-state index contributed by atoms with van der Waals surface area (Å²) in [5.41, 5.74) is 0.879. The number of carbonyl (C=O) groups excluding carboxylic acids is 1. The molecule has 0 saturated heterocycles. The SMILES string of the molecule is O=C(NS(=O)(=O)CCCF)c1csc(-c2ccccc2)n1. The van der Waals surface area contributed by atoms with Crippen molar-refractivity contribution in [1.29, 1.82) is 0 Å². The summed E-state index contributed by atoms with van der Waals surface area (Å²) in [7, 11) is -3.82. The Kier molecular flexibility index (Phi) is 5.03. The Morgan fingerprint density at radius 1 is 1.29 bits per heavy atom. The van der Waals surface area contributed by atoms with Crippen LogP contribution in [0.1, 0.15) is 16.9 Å². The van der Waals surface area contributed by atoms with Crippen LogP contribution in [-0.2, 0) is 10.0 Å². The number of nitrogens with zero attached hydrogens (tertiary/aromatic N) is 1. The quantitative estimate of drug-likeness (QED) is 0.882. The van der Waals surface area contributed by atoms with Crippen molar-refractivity contribution in [2.75, 3.05) is 12.4 Å². The van der Waals surface area contributed by atoms with Crippen molar-refractivity contribution >= 4 is 27.3 Å². The fourth-order valence-electron chi connectivity index (χ4n) is 1.58. The van der Waals surface area contributed by atoms with Crippen molar-refractivity contribution in [1.82, 2.24) is 9.71 Å². The first-order valence-corrected chi connectivity index (χ1v) is 8.67. The summed E-state index contributed by atoms with van der Waals surface area (Å²) in [6.07, 6.45) is -0.144. The molecule has 1 heterocycles. The molecule has 0 aliphatic heterocycles. The molecule has 0 bridgehead atoms. The van der Waals surface area contributed by atoms with E-state index >= 15 is 0 Å². The lowest BCUT2D eigenvalue weighted by atomic mass is 10.2. The summed E-state index contributed by atoms with van der Waals surface area (Å²) in [5.74, 6) is -1.22. The summed E-state index contributed by atoms with van der Waals surface area (Å²) in [5, 5.41) is 2.12. The smallest absolute Gasteiger partial charge is 0.266 e. The van der Waals surface area contributed by atoms with Crippen molar-refractivity contribution in [3.8, 4) is 10.6 Å². The second-order valence-electron chi connectivity index (χ2n) is 4.20. The maximum absolute atomic E-state index is 12.0. The van der Waals surface area contributed by atoms with Crippen LogP contribution < -0.4 is 4.72 Å². The number of aromatic nitrogens is 1. The molecule has 0 unspecified atom stereocenters. The number of nitrogens with one attached hydrogen (secondary N) is 1. The van der Waals surface area contributed by atoms with Gasteiger partial charge in [0.05, 0.1) is 12.4 Å². The van der Waals surface area contributed by atoms with Gasteiger partial charge in [-0.15, -0.1) is 11.3 Å². The van der Waals surface area contributed by atoms with E-state index in [-0.39, 0.29) is 12.1 Å². The molecule has 2 aromatic rings. The number of halogens is 1. The van der Waals surface area contributed by atoms with E-state index in [4.69, 9.17) is 0 Å². The molecule has 0 radical (unpaired) electrons. The largest absolute Gasteiger partial charge is 0.284 e. The average molecular weight is 328 g/mol. The minimum absolute atomic E-state index is 0.0303. The Morgan fingerprint density at radius 3 is 2.67 bits per heavy atom. The van der Waals surface area contributed by atoms with Gasteiger partial charge < -0.3 is 0 Å². The molecule has 0 atom stereocenters. The fourth-order valence-corrected chi connectivity index (χ4v) is 3.36. The zero-order valence-electron chi connectivity index (χ0n) is 11.0. The van der Waals surface area contributed by atoms with Crippen molar-refractivity contribution in [3.63, 3.8) is 0 Å². The minimum atomic E-state index is -3.82. The van der Waals surface area contributed by atoms with Crippen LogP contribution in [0.4, 0.5) is 4.39 Å². The molecule has 2 rings (SSSR count). The van der Waals surface area contributed by atoms with Gasteiger partial charge in [0.1, 0.15) is 10.7 Å². The standard InChI is InChI=1S/C13H13FN2O3S2/c14-7-4-8-21(18,19)16-12(17)11-9-20-13(15-11)10-5-2-1-3-6-10/h1-3,5-6,9H,4,7-8H2,(H,16,17). The van der Waals surface area contributed by atoms with Gasteiger partial charge in [-0.3, -0.25) is 9.18 Å². The molecule has 8 heteroatoms. The second-order valence-corrected chi connectivity index (χ2v) is 6.90. The second kappa shape index (κ2) is 6.77. The van der Waals surface area contributed by atoms with Crippen LogP contribution in [-0.4, -0.2) is 31.7 Å². The van der Waals surface area contributed by atoms with Crippen LogP contribution in [0.15, 0.2) is 35.7 Å². The minimum Gasteiger partial charge on any atom is -0.266 e. The Labute approximate surface area is 125 Å². The van der Waals surface area contributed by atoms with Gasteiger partial charge >= 0.3 is 0 Å². The van der Waals surface area contributed by atoms with Gasteiger partial charge in [0.15, 0.2) is 0 Å². The van der Waals surface area contributed by atoms with E-state index in [0.29, 0.717) is 5.01 Å². The Bertz CT molecular complexity index is 714. The number of carbonyl (C=O) groups is 1.